The minimum Gasteiger partial charge on any atom is -0.481 e. The number of carbonyl (C=O) groups excluding carboxylic acids is 2. The first-order valence-corrected chi connectivity index (χ1v) is 12.1. The maximum atomic E-state index is 12.3. The predicted molar refractivity (Wildman–Crippen MR) is 129 cm³/mol. The van der Waals surface area contributed by atoms with Gasteiger partial charge in [0, 0.05) is 31.9 Å². The van der Waals surface area contributed by atoms with Crippen LogP contribution in [0.25, 0.3) is 10.9 Å². The molecule has 190 valence electrons. The topological polar surface area (TPSA) is 126 Å². The van der Waals surface area contributed by atoms with E-state index in [1.165, 1.54) is 10.5 Å². The number of carboxylic acid groups (broad SMARTS) is 1. The number of carbonyl (C=O) groups is 3. The largest absolute Gasteiger partial charge is 0.481 e. The van der Waals surface area contributed by atoms with Crippen LogP contribution in [0.1, 0.15) is 37.2 Å². The van der Waals surface area contributed by atoms with Gasteiger partial charge in [-0.1, -0.05) is 6.07 Å². The van der Waals surface area contributed by atoms with E-state index < -0.39 is 12.0 Å². The van der Waals surface area contributed by atoms with Crippen molar-refractivity contribution in [3.05, 3.63) is 23.8 Å². The standard InChI is InChI=1S/C24H33N5O6/c1-27-20-16-18(2-3-19(20)23(26-27)29-10-6-21(30)25-24(29)33)17-4-8-28(9-5-17)11-13-35-15-14-34-12-7-22(31)32/h2-3,16-17H,4-15H2,1H3,(H,31,32)(H,25,30,33). The summed E-state index contributed by atoms with van der Waals surface area (Å²) < 4.78 is 12.6. The summed E-state index contributed by atoms with van der Waals surface area (Å²) in [6, 6.07) is 5.92. The van der Waals surface area contributed by atoms with E-state index in [4.69, 9.17) is 14.6 Å². The Balaban J connectivity index is 1.25. The molecule has 11 nitrogen and oxygen atoms in total. The van der Waals surface area contributed by atoms with E-state index in [9.17, 15) is 14.4 Å². The number of aliphatic carboxylic acids is 1. The Labute approximate surface area is 203 Å². The lowest BCUT2D eigenvalue weighted by atomic mass is 9.89. The Morgan fingerprint density at radius 1 is 1.11 bits per heavy atom. The molecule has 3 heterocycles. The Kier molecular flexibility index (Phi) is 8.32. The van der Waals surface area contributed by atoms with Crippen LogP contribution in [0.2, 0.25) is 0 Å². The van der Waals surface area contributed by atoms with Crippen molar-refractivity contribution in [2.45, 2.75) is 31.6 Å². The first kappa shape index (κ1) is 25.1. The van der Waals surface area contributed by atoms with Gasteiger partial charge in [0.15, 0.2) is 5.82 Å². The van der Waals surface area contributed by atoms with E-state index in [0.29, 0.717) is 38.1 Å². The monoisotopic (exact) mass is 487 g/mol. The van der Waals surface area contributed by atoms with Gasteiger partial charge in [0.1, 0.15) is 0 Å². The summed E-state index contributed by atoms with van der Waals surface area (Å²) in [6.45, 7) is 4.93. The van der Waals surface area contributed by atoms with Crippen LogP contribution in [0, 0.1) is 0 Å². The van der Waals surface area contributed by atoms with E-state index in [0.717, 1.165) is 43.4 Å². The number of nitrogens with one attached hydrogen (secondary N) is 1. The third-order valence-electron chi connectivity index (χ3n) is 6.61. The predicted octanol–water partition coefficient (Wildman–Crippen LogP) is 1.71. The molecule has 0 bridgehead atoms. The Morgan fingerprint density at radius 2 is 1.86 bits per heavy atom. The number of carboxylic acids is 1. The molecule has 3 amide bonds. The van der Waals surface area contributed by atoms with Crippen molar-refractivity contribution >= 4 is 34.6 Å². The highest BCUT2D eigenvalue weighted by molar-refractivity contribution is 6.08. The van der Waals surface area contributed by atoms with Crippen LogP contribution in [0.5, 0.6) is 0 Å². The second kappa shape index (κ2) is 11.6. The van der Waals surface area contributed by atoms with Crippen LogP contribution in [0.15, 0.2) is 18.2 Å². The third kappa shape index (κ3) is 6.36. The van der Waals surface area contributed by atoms with E-state index in [1.54, 1.807) is 4.68 Å². The molecule has 2 saturated heterocycles. The van der Waals surface area contributed by atoms with Gasteiger partial charge in [-0.05, 0) is 49.5 Å². The van der Waals surface area contributed by atoms with Gasteiger partial charge < -0.3 is 19.5 Å². The number of piperidine rings is 1. The zero-order valence-corrected chi connectivity index (χ0v) is 20.1. The molecule has 11 heteroatoms. The summed E-state index contributed by atoms with van der Waals surface area (Å²) in [5.74, 6) is -0.0622. The second-order valence-corrected chi connectivity index (χ2v) is 8.96. The minimum atomic E-state index is -0.857. The first-order valence-electron chi connectivity index (χ1n) is 12.1. The Bertz CT molecular complexity index is 1060. The van der Waals surface area contributed by atoms with Crippen LogP contribution < -0.4 is 10.2 Å². The molecule has 0 spiro atoms. The molecule has 2 aliphatic heterocycles. The molecular weight excluding hydrogens is 454 g/mol. The SMILES string of the molecule is Cn1nc(N2CCC(=O)NC2=O)c2ccc(C3CCN(CCOCCOCCC(=O)O)CC3)cc21. The van der Waals surface area contributed by atoms with E-state index in [2.05, 4.69) is 27.4 Å². The molecule has 2 fully saturated rings. The summed E-state index contributed by atoms with van der Waals surface area (Å²) in [5.41, 5.74) is 2.25. The third-order valence-corrected chi connectivity index (χ3v) is 6.61. The highest BCUT2D eigenvalue weighted by Crippen LogP contribution is 2.33. The van der Waals surface area contributed by atoms with E-state index in [1.807, 2.05) is 13.1 Å². The van der Waals surface area contributed by atoms with Crippen LogP contribution in [0.3, 0.4) is 0 Å². The summed E-state index contributed by atoms with van der Waals surface area (Å²) >= 11 is 0. The van der Waals surface area contributed by atoms with Crippen molar-refractivity contribution in [2.24, 2.45) is 7.05 Å². The van der Waals surface area contributed by atoms with Crippen LogP contribution in [-0.4, -0.2) is 90.3 Å². The van der Waals surface area contributed by atoms with Crippen LogP contribution >= 0.6 is 0 Å². The van der Waals surface area contributed by atoms with E-state index >= 15 is 0 Å². The number of nitrogens with zero attached hydrogens (tertiary/aromatic N) is 4. The minimum absolute atomic E-state index is 0.0153. The van der Waals surface area contributed by atoms with Crippen molar-refractivity contribution in [2.75, 3.05) is 57.5 Å². The highest BCUT2D eigenvalue weighted by Gasteiger charge is 2.28. The molecule has 0 unspecified atom stereocenters. The Hall–Kier alpha value is -3.02. The Morgan fingerprint density at radius 3 is 2.57 bits per heavy atom. The molecule has 1 aromatic heterocycles. The number of benzene rings is 1. The average Bonchev–Trinajstić information content (AvgIpc) is 3.16. The molecule has 0 radical (unpaired) electrons. The zero-order valence-electron chi connectivity index (χ0n) is 20.1. The summed E-state index contributed by atoms with van der Waals surface area (Å²) in [4.78, 5) is 38.1. The molecule has 0 saturated carbocycles. The van der Waals surface area contributed by atoms with Gasteiger partial charge in [0.2, 0.25) is 5.91 Å². The van der Waals surface area contributed by atoms with Gasteiger partial charge in [-0.25, -0.2) is 4.79 Å². The summed E-state index contributed by atoms with van der Waals surface area (Å²) in [7, 11) is 1.88. The van der Waals surface area contributed by atoms with Crippen molar-refractivity contribution in [3.8, 4) is 0 Å². The fourth-order valence-electron chi connectivity index (χ4n) is 4.64. The molecule has 2 aliphatic rings. The number of urea groups is 1. The van der Waals surface area contributed by atoms with Gasteiger partial charge in [0.05, 0.1) is 38.4 Å². The number of aryl methyl sites for hydroxylation is 1. The number of anilines is 1. The molecule has 0 aliphatic carbocycles. The fraction of sp³-hybridized carbons (Fsp3) is 0.583. The summed E-state index contributed by atoms with van der Waals surface area (Å²) in [5, 5.41) is 16.4. The first-order chi connectivity index (χ1) is 16.9. The molecule has 0 atom stereocenters. The quantitative estimate of drug-likeness (QED) is 0.459. The second-order valence-electron chi connectivity index (χ2n) is 8.96. The lowest BCUT2D eigenvalue weighted by molar-refractivity contribution is -0.138. The number of hydrogen-bond donors (Lipinski definition) is 2. The van der Waals surface area contributed by atoms with Gasteiger partial charge in [-0.15, -0.1) is 0 Å². The maximum Gasteiger partial charge on any atom is 0.329 e. The zero-order chi connectivity index (χ0) is 24.8. The van der Waals surface area contributed by atoms with Gasteiger partial charge >= 0.3 is 12.0 Å². The number of amides is 3. The number of ether oxygens (including phenoxy) is 2. The van der Waals surface area contributed by atoms with Gasteiger partial charge in [-0.3, -0.25) is 24.5 Å². The highest BCUT2D eigenvalue weighted by atomic mass is 16.5. The van der Waals surface area contributed by atoms with Crippen molar-refractivity contribution < 1.29 is 29.0 Å². The number of hydrogen-bond acceptors (Lipinski definition) is 7. The number of likely N-dealkylation sites (tertiary alicyclic amines) is 1. The number of fused-ring (bicyclic) bond motifs is 1. The van der Waals surface area contributed by atoms with Crippen molar-refractivity contribution in [1.82, 2.24) is 20.0 Å². The van der Waals surface area contributed by atoms with Crippen molar-refractivity contribution in [3.63, 3.8) is 0 Å². The van der Waals surface area contributed by atoms with Gasteiger partial charge in [-0.2, -0.15) is 5.10 Å². The number of imide groups is 1. The molecule has 35 heavy (non-hydrogen) atoms. The van der Waals surface area contributed by atoms with Crippen molar-refractivity contribution in [1.29, 1.82) is 0 Å². The van der Waals surface area contributed by atoms with Crippen LogP contribution in [0.4, 0.5) is 10.6 Å². The average molecular weight is 488 g/mol. The number of rotatable bonds is 11. The molecule has 4 rings (SSSR count). The molecular formula is C24H33N5O6. The molecule has 2 aromatic rings. The smallest absolute Gasteiger partial charge is 0.329 e. The number of aromatic nitrogens is 2. The van der Waals surface area contributed by atoms with Gasteiger partial charge in [0.25, 0.3) is 0 Å². The van der Waals surface area contributed by atoms with E-state index in [-0.39, 0.29) is 25.4 Å². The maximum absolute atomic E-state index is 12.3. The fourth-order valence-corrected chi connectivity index (χ4v) is 4.64. The lowest BCUT2D eigenvalue weighted by Gasteiger charge is -2.32. The summed E-state index contributed by atoms with van der Waals surface area (Å²) in [6.07, 6.45) is 2.41. The van der Waals surface area contributed by atoms with Crippen LogP contribution in [-0.2, 0) is 26.1 Å². The normalized spacial score (nSPS) is 17.8. The lowest BCUT2D eigenvalue weighted by Crippen LogP contribution is -2.49. The molecule has 1 aromatic carbocycles. The molecule has 2 N–H and O–H groups in total.